The summed E-state index contributed by atoms with van der Waals surface area (Å²) in [6.07, 6.45) is 2.04. The fourth-order valence-electron chi connectivity index (χ4n) is 2.83. The van der Waals surface area contributed by atoms with Gasteiger partial charge in [-0.2, -0.15) is 0 Å². The van der Waals surface area contributed by atoms with Crippen LogP contribution in [-0.4, -0.2) is 39.7 Å². The van der Waals surface area contributed by atoms with Crippen LogP contribution in [0.5, 0.6) is 0 Å². The summed E-state index contributed by atoms with van der Waals surface area (Å²) in [5.74, 6) is -0.791. The van der Waals surface area contributed by atoms with Crippen LogP contribution in [0.15, 0.2) is 30.3 Å². The maximum Gasteiger partial charge on any atom is 0.320 e. The molecule has 0 aliphatic carbocycles. The zero-order valence-corrected chi connectivity index (χ0v) is 11.2. The molecule has 1 fully saturated rings. The lowest BCUT2D eigenvalue weighted by atomic mass is 10.00. The monoisotopic (exact) mass is 263 g/mol. The molecule has 1 aliphatic rings. The van der Waals surface area contributed by atoms with Crippen LogP contribution in [0.2, 0.25) is 0 Å². The van der Waals surface area contributed by atoms with E-state index in [1.165, 1.54) is 0 Å². The molecule has 2 rings (SSSR count). The number of hydrogen-bond donors (Lipinski definition) is 2. The van der Waals surface area contributed by atoms with Crippen molar-refractivity contribution in [3.05, 3.63) is 35.9 Å². The topological polar surface area (TPSA) is 60.8 Å². The number of likely N-dealkylation sites (tertiary alicyclic amines) is 1. The van der Waals surface area contributed by atoms with E-state index in [1.54, 1.807) is 6.92 Å². The summed E-state index contributed by atoms with van der Waals surface area (Å²) in [6, 6.07) is 9.23. The second-order valence-corrected chi connectivity index (χ2v) is 5.21. The average Bonchev–Trinajstić information content (AvgIpc) is 2.86. The van der Waals surface area contributed by atoms with Gasteiger partial charge < -0.3 is 10.2 Å². The Balaban J connectivity index is 2.00. The van der Waals surface area contributed by atoms with Crippen LogP contribution in [0.3, 0.4) is 0 Å². The molecule has 0 bridgehead atoms. The average molecular weight is 263 g/mol. The maximum atomic E-state index is 11.1. The lowest BCUT2D eigenvalue weighted by Crippen LogP contribution is -2.42. The van der Waals surface area contributed by atoms with Gasteiger partial charge in [0.05, 0.1) is 6.10 Å². The van der Waals surface area contributed by atoms with Crippen molar-refractivity contribution in [2.45, 2.75) is 44.4 Å². The molecule has 2 N–H and O–H groups in total. The molecule has 0 amide bonds. The van der Waals surface area contributed by atoms with Crippen LogP contribution in [0.25, 0.3) is 0 Å². The highest BCUT2D eigenvalue weighted by Crippen LogP contribution is 2.28. The molecule has 1 aromatic rings. The standard InChI is InChI=1S/C15H21NO3/c1-11(15(18)19)16-9-5-8-13(16)10-14(17)12-6-3-2-4-7-12/h2-4,6-7,11,13-14,17H,5,8-10H2,1H3,(H,18,19)/t11-,13-,14-/m1/s1. The van der Waals surface area contributed by atoms with Gasteiger partial charge in [-0.15, -0.1) is 0 Å². The van der Waals surface area contributed by atoms with Crippen LogP contribution in [0, 0.1) is 0 Å². The second kappa shape index (κ2) is 6.17. The van der Waals surface area contributed by atoms with Gasteiger partial charge in [-0.05, 0) is 38.3 Å². The Kier molecular flexibility index (Phi) is 4.56. The molecule has 0 saturated carbocycles. The first-order chi connectivity index (χ1) is 9.09. The van der Waals surface area contributed by atoms with E-state index in [0.717, 1.165) is 24.9 Å². The summed E-state index contributed by atoms with van der Waals surface area (Å²) >= 11 is 0. The third-order valence-corrected chi connectivity index (χ3v) is 3.96. The molecule has 0 radical (unpaired) electrons. The molecule has 4 heteroatoms. The fourth-order valence-corrected chi connectivity index (χ4v) is 2.83. The molecular formula is C15H21NO3. The number of carboxylic acid groups (broad SMARTS) is 1. The first kappa shape index (κ1) is 14.0. The molecule has 19 heavy (non-hydrogen) atoms. The number of carbonyl (C=O) groups is 1. The predicted molar refractivity (Wildman–Crippen MR) is 72.8 cm³/mol. The SMILES string of the molecule is C[C@H](C(=O)O)N1CCC[C@@H]1C[C@@H](O)c1ccccc1. The molecule has 3 atom stereocenters. The van der Waals surface area contributed by atoms with Crippen LogP contribution < -0.4 is 0 Å². The first-order valence-corrected chi connectivity index (χ1v) is 6.81. The molecule has 4 nitrogen and oxygen atoms in total. The molecule has 1 aliphatic heterocycles. The highest BCUT2D eigenvalue weighted by molar-refractivity contribution is 5.73. The highest BCUT2D eigenvalue weighted by atomic mass is 16.4. The minimum Gasteiger partial charge on any atom is -0.480 e. The largest absolute Gasteiger partial charge is 0.480 e. The van der Waals surface area contributed by atoms with Crippen LogP contribution >= 0.6 is 0 Å². The summed E-state index contributed by atoms with van der Waals surface area (Å²) in [4.78, 5) is 13.1. The molecule has 0 spiro atoms. The number of nitrogens with zero attached hydrogens (tertiary/aromatic N) is 1. The van der Waals surface area contributed by atoms with Crippen LogP contribution in [0.1, 0.15) is 37.9 Å². The molecular weight excluding hydrogens is 242 g/mol. The number of aliphatic hydroxyl groups is 1. The molecule has 1 aromatic carbocycles. The number of rotatable bonds is 5. The quantitative estimate of drug-likeness (QED) is 0.853. The van der Waals surface area contributed by atoms with E-state index >= 15 is 0 Å². The summed E-state index contributed by atoms with van der Waals surface area (Å²) in [7, 11) is 0. The van der Waals surface area contributed by atoms with Gasteiger partial charge in [0.25, 0.3) is 0 Å². The lowest BCUT2D eigenvalue weighted by Gasteiger charge is -2.29. The predicted octanol–water partition coefficient (Wildman–Crippen LogP) is 2.05. The summed E-state index contributed by atoms with van der Waals surface area (Å²) in [5, 5.41) is 19.4. The van der Waals surface area contributed by atoms with E-state index < -0.39 is 18.1 Å². The highest BCUT2D eigenvalue weighted by Gasteiger charge is 2.33. The van der Waals surface area contributed by atoms with Gasteiger partial charge in [-0.3, -0.25) is 9.69 Å². The van der Waals surface area contributed by atoms with Gasteiger partial charge in [-0.25, -0.2) is 0 Å². The van der Waals surface area contributed by atoms with Crippen molar-refractivity contribution in [3.63, 3.8) is 0 Å². The van der Waals surface area contributed by atoms with E-state index in [2.05, 4.69) is 0 Å². The summed E-state index contributed by atoms with van der Waals surface area (Å²) < 4.78 is 0. The number of hydrogen-bond acceptors (Lipinski definition) is 3. The minimum atomic E-state index is -0.791. The molecule has 0 aromatic heterocycles. The molecule has 1 heterocycles. The summed E-state index contributed by atoms with van der Waals surface area (Å²) in [5.41, 5.74) is 0.900. The second-order valence-electron chi connectivity index (χ2n) is 5.21. The van der Waals surface area contributed by atoms with Gasteiger partial charge in [0, 0.05) is 6.04 Å². The van der Waals surface area contributed by atoms with E-state index in [0.29, 0.717) is 6.42 Å². The molecule has 1 saturated heterocycles. The minimum absolute atomic E-state index is 0.154. The van der Waals surface area contributed by atoms with Crippen molar-refractivity contribution in [1.82, 2.24) is 4.90 Å². The van der Waals surface area contributed by atoms with Gasteiger partial charge in [0.2, 0.25) is 0 Å². The Morgan fingerprint density at radius 1 is 1.42 bits per heavy atom. The Morgan fingerprint density at radius 2 is 2.11 bits per heavy atom. The zero-order chi connectivity index (χ0) is 13.8. The van der Waals surface area contributed by atoms with E-state index in [4.69, 9.17) is 5.11 Å². The molecule has 0 unspecified atom stereocenters. The molecule has 104 valence electrons. The van der Waals surface area contributed by atoms with Gasteiger partial charge in [0.1, 0.15) is 6.04 Å². The normalized spacial score (nSPS) is 23.2. The maximum absolute atomic E-state index is 11.1. The van der Waals surface area contributed by atoms with Crippen molar-refractivity contribution in [3.8, 4) is 0 Å². The van der Waals surface area contributed by atoms with Crippen molar-refractivity contribution >= 4 is 5.97 Å². The van der Waals surface area contributed by atoms with Crippen molar-refractivity contribution in [2.75, 3.05) is 6.54 Å². The third kappa shape index (κ3) is 3.33. The van der Waals surface area contributed by atoms with Gasteiger partial charge in [-0.1, -0.05) is 30.3 Å². The number of carboxylic acids is 1. The summed E-state index contributed by atoms with van der Waals surface area (Å²) in [6.45, 7) is 2.52. The number of aliphatic hydroxyl groups excluding tert-OH is 1. The van der Waals surface area contributed by atoms with E-state index in [1.807, 2.05) is 35.2 Å². The smallest absolute Gasteiger partial charge is 0.320 e. The van der Waals surface area contributed by atoms with Crippen LogP contribution in [-0.2, 0) is 4.79 Å². The van der Waals surface area contributed by atoms with Crippen molar-refractivity contribution in [1.29, 1.82) is 0 Å². The lowest BCUT2D eigenvalue weighted by molar-refractivity contribution is -0.143. The Morgan fingerprint density at radius 3 is 2.74 bits per heavy atom. The third-order valence-electron chi connectivity index (χ3n) is 3.96. The number of aliphatic carboxylic acids is 1. The Labute approximate surface area is 113 Å². The van der Waals surface area contributed by atoms with E-state index in [9.17, 15) is 9.90 Å². The Hall–Kier alpha value is -1.39. The van der Waals surface area contributed by atoms with Gasteiger partial charge in [0.15, 0.2) is 0 Å². The van der Waals surface area contributed by atoms with Crippen LogP contribution in [0.4, 0.5) is 0 Å². The van der Waals surface area contributed by atoms with Crippen molar-refractivity contribution < 1.29 is 15.0 Å². The zero-order valence-electron chi connectivity index (χ0n) is 11.2. The van der Waals surface area contributed by atoms with E-state index in [-0.39, 0.29) is 6.04 Å². The first-order valence-electron chi connectivity index (χ1n) is 6.81. The van der Waals surface area contributed by atoms with Gasteiger partial charge >= 0.3 is 5.97 Å². The fraction of sp³-hybridized carbons (Fsp3) is 0.533. The Bertz CT molecular complexity index is 421. The van der Waals surface area contributed by atoms with Crippen molar-refractivity contribution in [2.24, 2.45) is 0 Å². The number of benzene rings is 1.